The van der Waals surface area contributed by atoms with E-state index in [1.807, 2.05) is 0 Å². The minimum absolute atomic E-state index is 0.175. The Morgan fingerprint density at radius 3 is 2.48 bits per heavy atom. The molecule has 1 amide bonds. The van der Waals surface area contributed by atoms with Gasteiger partial charge in [-0.1, -0.05) is 30.3 Å². The lowest BCUT2D eigenvalue weighted by molar-refractivity contribution is -0.384. The number of amides is 1. The van der Waals surface area contributed by atoms with E-state index < -0.39 is 41.0 Å². The summed E-state index contributed by atoms with van der Waals surface area (Å²) >= 11 is 0. The molecule has 0 fully saturated rings. The molecule has 0 aromatic heterocycles. The number of rotatable bonds is 7. The number of hydrogen-bond donors (Lipinski definition) is 1. The first-order valence-corrected chi connectivity index (χ1v) is 8.37. The number of nitro groups is 1. The number of nitro benzene ring substituents is 1. The molecule has 10 heteroatoms. The molecule has 7 nitrogen and oxygen atoms in total. The molecule has 0 radical (unpaired) electrons. The Morgan fingerprint density at radius 2 is 1.86 bits per heavy atom. The lowest BCUT2D eigenvalue weighted by atomic mass is 9.99. The molecule has 0 bridgehead atoms. The van der Waals surface area contributed by atoms with Gasteiger partial charge < -0.3 is 10.1 Å². The minimum atomic E-state index is -4.62. The number of carbonyl (C=O) groups is 2. The summed E-state index contributed by atoms with van der Waals surface area (Å²) in [7, 11) is 1.05. The van der Waals surface area contributed by atoms with E-state index in [4.69, 9.17) is 0 Å². The fourth-order valence-corrected chi connectivity index (χ4v) is 2.74. The molecule has 0 saturated carbocycles. The molecular formula is C19H17F3N2O5. The lowest BCUT2D eigenvalue weighted by Gasteiger charge is -2.19. The maximum absolute atomic E-state index is 13.2. The van der Waals surface area contributed by atoms with Gasteiger partial charge in [0, 0.05) is 18.6 Å². The quantitative estimate of drug-likeness (QED) is 0.430. The van der Waals surface area contributed by atoms with Crippen LogP contribution in [0.1, 0.15) is 16.7 Å². The van der Waals surface area contributed by atoms with Crippen molar-refractivity contribution >= 4 is 17.6 Å². The Labute approximate surface area is 163 Å². The van der Waals surface area contributed by atoms with Gasteiger partial charge in [0.2, 0.25) is 5.91 Å². The van der Waals surface area contributed by atoms with E-state index in [9.17, 15) is 32.9 Å². The second-order valence-electron chi connectivity index (χ2n) is 6.11. The molecule has 2 aromatic rings. The highest BCUT2D eigenvalue weighted by atomic mass is 19.4. The van der Waals surface area contributed by atoms with E-state index in [2.05, 4.69) is 10.1 Å². The zero-order chi connectivity index (χ0) is 21.6. The minimum Gasteiger partial charge on any atom is -0.467 e. The van der Waals surface area contributed by atoms with E-state index in [1.165, 1.54) is 42.5 Å². The Balaban J connectivity index is 2.18. The Morgan fingerprint density at radius 1 is 1.17 bits per heavy atom. The first-order chi connectivity index (χ1) is 13.6. The molecule has 2 aromatic carbocycles. The predicted molar refractivity (Wildman–Crippen MR) is 95.9 cm³/mol. The average molecular weight is 410 g/mol. The molecule has 2 rings (SSSR count). The van der Waals surface area contributed by atoms with Crippen LogP contribution in [0.4, 0.5) is 18.9 Å². The summed E-state index contributed by atoms with van der Waals surface area (Å²) in [6, 6.07) is 8.70. The van der Waals surface area contributed by atoms with Crippen molar-refractivity contribution in [3.63, 3.8) is 0 Å². The summed E-state index contributed by atoms with van der Waals surface area (Å²) in [5.41, 5.74) is -0.984. The van der Waals surface area contributed by atoms with Crippen LogP contribution >= 0.6 is 0 Å². The number of esters is 1. The molecule has 0 unspecified atom stereocenters. The summed E-state index contributed by atoms with van der Waals surface area (Å²) in [6.45, 7) is 0. The van der Waals surface area contributed by atoms with Gasteiger partial charge in [0.1, 0.15) is 6.04 Å². The first kappa shape index (κ1) is 21.9. The average Bonchev–Trinajstić information content (AvgIpc) is 2.66. The number of hydrogen-bond acceptors (Lipinski definition) is 5. The highest BCUT2D eigenvalue weighted by Gasteiger charge is 2.34. The van der Waals surface area contributed by atoms with Crippen molar-refractivity contribution in [3.8, 4) is 0 Å². The third-order valence-electron chi connectivity index (χ3n) is 4.05. The number of benzene rings is 2. The topological polar surface area (TPSA) is 98.5 Å². The van der Waals surface area contributed by atoms with Gasteiger partial charge in [0.15, 0.2) is 0 Å². The van der Waals surface area contributed by atoms with Crippen molar-refractivity contribution in [2.45, 2.75) is 25.1 Å². The summed E-state index contributed by atoms with van der Waals surface area (Å²) in [5, 5.41) is 13.2. The van der Waals surface area contributed by atoms with Crippen LogP contribution in [0.15, 0.2) is 48.5 Å². The van der Waals surface area contributed by atoms with Crippen LogP contribution in [-0.4, -0.2) is 30.0 Å². The summed E-state index contributed by atoms with van der Waals surface area (Å²) < 4.78 is 44.1. The zero-order valence-corrected chi connectivity index (χ0v) is 15.2. The van der Waals surface area contributed by atoms with Gasteiger partial charge in [0.25, 0.3) is 5.69 Å². The van der Waals surface area contributed by atoms with Crippen molar-refractivity contribution in [2.75, 3.05) is 7.11 Å². The van der Waals surface area contributed by atoms with E-state index in [0.29, 0.717) is 5.56 Å². The van der Waals surface area contributed by atoms with Crippen molar-refractivity contribution in [1.82, 2.24) is 5.32 Å². The van der Waals surface area contributed by atoms with Crippen LogP contribution < -0.4 is 5.32 Å². The summed E-state index contributed by atoms with van der Waals surface area (Å²) in [6.07, 6.45) is -5.34. The van der Waals surface area contributed by atoms with E-state index in [1.54, 1.807) is 0 Å². The van der Waals surface area contributed by atoms with Gasteiger partial charge >= 0.3 is 12.1 Å². The van der Waals surface area contributed by atoms with Gasteiger partial charge in [-0.05, 0) is 17.2 Å². The van der Waals surface area contributed by atoms with Crippen molar-refractivity contribution in [1.29, 1.82) is 0 Å². The van der Waals surface area contributed by atoms with Crippen molar-refractivity contribution < 1.29 is 32.4 Å². The number of halogens is 3. The first-order valence-electron chi connectivity index (χ1n) is 8.37. The van der Waals surface area contributed by atoms with E-state index in [0.717, 1.165) is 13.2 Å². The van der Waals surface area contributed by atoms with Crippen LogP contribution in [0.5, 0.6) is 0 Å². The van der Waals surface area contributed by atoms with Crippen LogP contribution in [0, 0.1) is 10.1 Å². The van der Waals surface area contributed by atoms with Crippen LogP contribution in [-0.2, 0) is 33.3 Å². The summed E-state index contributed by atoms with van der Waals surface area (Å²) in [5.74, 6) is -1.60. The Kier molecular flexibility index (Phi) is 6.92. The monoisotopic (exact) mass is 410 g/mol. The third kappa shape index (κ3) is 6.03. The lowest BCUT2D eigenvalue weighted by Crippen LogP contribution is -2.44. The van der Waals surface area contributed by atoms with Gasteiger partial charge in [0.05, 0.1) is 24.0 Å². The molecule has 1 N–H and O–H groups in total. The third-order valence-corrected chi connectivity index (χ3v) is 4.05. The summed E-state index contributed by atoms with van der Waals surface area (Å²) in [4.78, 5) is 34.5. The van der Waals surface area contributed by atoms with Gasteiger partial charge in [-0.3, -0.25) is 14.9 Å². The number of nitrogens with zero attached hydrogens (tertiary/aromatic N) is 1. The van der Waals surface area contributed by atoms with Gasteiger partial charge in [-0.2, -0.15) is 13.2 Å². The molecule has 0 aliphatic rings. The number of nitrogens with one attached hydrogen (secondary N) is 1. The van der Waals surface area contributed by atoms with Gasteiger partial charge in [-0.15, -0.1) is 0 Å². The Hall–Kier alpha value is -3.43. The SMILES string of the molecule is COC(=O)[C@H](Cc1ccccc1C(F)(F)F)NC(=O)Cc1cccc([N+](=O)[O-])c1. The molecule has 154 valence electrons. The van der Waals surface area contributed by atoms with Crippen LogP contribution in [0.3, 0.4) is 0 Å². The molecule has 1 atom stereocenters. The standard InChI is InChI=1S/C19H17F3N2O5/c1-29-18(26)16(11-13-6-2-3-8-15(13)19(20,21)22)23-17(25)10-12-5-4-7-14(9-12)24(27)28/h2-9,16H,10-11H2,1H3,(H,23,25)/t16-/m0/s1. The van der Waals surface area contributed by atoms with Crippen LogP contribution in [0.25, 0.3) is 0 Å². The van der Waals surface area contributed by atoms with E-state index >= 15 is 0 Å². The smallest absolute Gasteiger partial charge is 0.416 e. The highest BCUT2D eigenvalue weighted by Crippen LogP contribution is 2.32. The molecule has 0 spiro atoms. The number of carbonyl (C=O) groups excluding carboxylic acids is 2. The largest absolute Gasteiger partial charge is 0.467 e. The Bertz CT molecular complexity index is 915. The van der Waals surface area contributed by atoms with Gasteiger partial charge in [-0.25, -0.2) is 4.79 Å². The fraction of sp³-hybridized carbons (Fsp3) is 0.263. The second kappa shape index (κ2) is 9.18. The number of ether oxygens (including phenoxy) is 1. The number of alkyl halides is 3. The van der Waals surface area contributed by atoms with E-state index in [-0.39, 0.29) is 17.7 Å². The van der Waals surface area contributed by atoms with Crippen molar-refractivity contribution in [2.24, 2.45) is 0 Å². The predicted octanol–water partition coefficient (Wildman–Crippen LogP) is 3.06. The fourth-order valence-electron chi connectivity index (χ4n) is 2.74. The molecule has 0 heterocycles. The second-order valence-corrected chi connectivity index (χ2v) is 6.11. The highest BCUT2D eigenvalue weighted by molar-refractivity contribution is 5.86. The molecule has 0 saturated heterocycles. The molecular weight excluding hydrogens is 393 g/mol. The van der Waals surface area contributed by atoms with Crippen LogP contribution in [0.2, 0.25) is 0 Å². The van der Waals surface area contributed by atoms with Crippen molar-refractivity contribution in [3.05, 3.63) is 75.3 Å². The molecule has 0 aliphatic heterocycles. The number of methoxy groups -OCH3 is 1. The normalized spacial score (nSPS) is 12.1. The zero-order valence-electron chi connectivity index (χ0n) is 15.2. The maximum atomic E-state index is 13.2. The molecule has 29 heavy (non-hydrogen) atoms. The maximum Gasteiger partial charge on any atom is 0.416 e. The molecule has 0 aliphatic carbocycles. The number of non-ortho nitro benzene ring substituents is 1.